The van der Waals surface area contributed by atoms with Gasteiger partial charge in [-0.1, -0.05) is 181 Å². The highest BCUT2D eigenvalue weighted by atomic mass is 32.2. The summed E-state index contributed by atoms with van der Waals surface area (Å²) in [5.41, 5.74) is 0. The minimum atomic E-state index is 0.906. The summed E-state index contributed by atoms with van der Waals surface area (Å²) in [5, 5.41) is 3.67. The van der Waals surface area contributed by atoms with Crippen LogP contribution < -0.4 is 0 Å². The Morgan fingerprint density at radius 2 is 0.609 bits per heavy atom. The fourth-order valence-electron chi connectivity index (χ4n) is 8.41. The summed E-state index contributed by atoms with van der Waals surface area (Å²) >= 11 is 4.85. The van der Waals surface area contributed by atoms with Crippen LogP contribution in [-0.4, -0.2) is 70.1 Å². The molecule has 0 aromatic carbocycles. The molecule has 3 heterocycles. The van der Waals surface area contributed by atoms with Crippen LogP contribution in [0.2, 0.25) is 0 Å². The van der Waals surface area contributed by atoms with E-state index in [0.717, 1.165) is 21.0 Å². The van der Waals surface area contributed by atoms with Gasteiger partial charge in [0.25, 0.3) is 0 Å². The van der Waals surface area contributed by atoms with Crippen LogP contribution in [-0.2, 0) is 0 Å². The number of rotatable bonds is 30. The molecule has 0 radical (unpaired) electrons. The summed E-state index contributed by atoms with van der Waals surface area (Å²) in [6.07, 6.45) is 43.9. The van der Waals surface area contributed by atoms with Gasteiger partial charge in [-0.15, -0.1) is 0 Å². The van der Waals surface area contributed by atoms with Gasteiger partial charge in [0.2, 0.25) is 0 Å². The summed E-state index contributed by atoms with van der Waals surface area (Å²) < 4.78 is 0. The Hall–Kier alpha value is 0.620. The van der Waals surface area contributed by atoms with Crippen molar-refractivity contribution in [2.24, 2.45) is 0 Å². The van der Waals surface area contributed by atoms with Crippen LogP contribution in [0, 0.1) is 0 Å². The number of hydrogen-bond acceptors (Lipinski definition) is 4. The van der Waals surface area contributed by atoms with Gasteiger partial charge in [0.1, 0.15) is 0 Å². The molecular formula is C42H82N2S2. The van der Waals surface area contributed by atoms with Crippen molar-refractivity contribution >= 4 is 23.5 Å². The predicted octanol–water partition coefficient (Wildman–Crippen LogP) is 13.3. The second-order valence-corrected chi connectivity index (χ2v) is 18.8. The number of likely N-dealkylation sites (tertiary alicyclic amines) is 2. The SMILES string of the molecule is CCCCCCCCCCCCCCCCN1CCC2SC3CN(CCCCCCCCCCCCCCCC)CCC3SC2C1. The lowest BCUT2D eigenvalue weighted by Crippen LogP contribution is -2.53. The normalized spacial score (nSPS) is 23.9. The third-order valence-corrected chi connectivity index (χ3v) is 15.3. The molecule has 3 aliphatic rings. The van der Waals surface area contributed by atoms with Crippen LogP contribution in [0.3, 0.4) is 0 Å². The standard InChI is InChI=1S/C42H82N2S2/c1-3-5-7-9-11-13-15-17-19-21-23-25-27-29-33-43-35-31-39-41(37-43)45-40-32-36-44(38-42(40)46-39)34-30-28-26-24-22-20-18-16-14-12-10-8-6-4-2/h39-42H,3-38H2,1-2H3. The Bertz CT molecular complexity index is 618. The number of fused-ring (bicyclic) bond motifs is 2. The average Bonchev–Trinajstić information content (AvgIpc) is 3.07. The van der Waals surface area contributed by atoms with Crippen molar-refractivity contribution < 1.29 is 0 Å². The maximum Gasteiger partial charge on any atom is 0.0297 e. The van der Waals surface area contributed by atoms with Gasteiger partial charge in [0, 0.05) is 34.1 Å². The van der Waals surface area contributed by atoms with Crippen molar-refractivity contribution in [2.45, 2.75) is 227 Å². The summed E-state index contributed by atoms with van der Waals surface area (Å²) in [4.78, 5) is 5.70. The molecule has 4 atom stereocenters. The van der Waals surface area contributed by atoms with Crippen molar-refractivity contribution in [2.75, 3.05) is 39.3 Å². The molecule has 0 aliphatic carbocycles. The molecule has 4 heteroatoms. The Kier molecular flexibility index (Phi) is 25.3. The Morgan fingerprint density at radius 3 is 0.891 bits per heavy atom. The van der Waals surface area contributed by atoms with Crippen LogP contribution in [0.4, 0.5) is 0 Å². The number of nitrogens with zero attached hydrogens (tertiary/aromatic N) is 2. The molecule has 0 aromatic heterocycles. The Morgan fingerprint density at radius 1 is 0.348 bits per heavy atom. The van der Waals surface area contributed by atoms with Gasteiger partial charge in [-0.3, -0.25) is 0 Å². The molecule has 0 bridgehead atoms. The number of hydrogen-bond donors (Lipinski definition) is 0. The zero-order valence-electron chi connectivity index (χ0n) is 31.5. The molecule has 2 nitrogen and oxygen atoms in total. The van der Waals surface area contributed by atoms with Gasteiger partial charge in [-0.2, -0.15) is 23.5 Å². The largest absolute Gasteiger partial charge is 0.302 e. The highest BCUT2D eigenvalue weighted by molar-refractivity contribution is 8.08. The van der Waals surface area contributed by atoms with Gasteiger partial charge in [0.05, 0.1) is 0 Å². The molecule has 0 N–H and O–H groups in total. The smallest absolute Gasteiger partial charge is 0.0297 e. The van der Waals surface area contributed by atoms with Crippen molar-refractivity contribution in [3.8, 4) is 0 Å². The van der Waals surface area contributed by atoms with E-state index in [1.165, 1.54) is 232 Å². The summed E-state index contributed by atoms with van der Waals surface area (Å²) in [5.74, 6) is 0. The Labute approximate surface area is 298 Å². The fraction of sp³-hybridized carbons (Fsp3) is 1.00. The summed E-state index contributed by atoms with van der Waals surface area (Å²) in [6, 6.07) is 0. The minimum absolute atomic E-state index is 0.906. The van der Waals surface area contributed by atoms with Crippen molar-refractivity contribution in [1.29, 1.82) is 0 Å². The first-order chi connectivity index (χ1) is 22.8. The number of unbranched alkanes of at least 4 members (excludes halogenated alkanes) is 26. The van der Waals surface area contributed by atoms with Crippen LogP contribution in [0.15, 0.2) is 0 Å². The van der Waals surface area contributed by atoms with Crippen molar-refractivity contribution in [1.82, 2.24) is 9.80 Å². The van der Waals surface area contributed by atoms with E-state index < -0.39 is 0 Å². The molecule has 0 aromatic rings. The topological polar surface area (TPSA) is 6.48 Å². The second-order valence-electron chi connectivity index (χ2n) is 15.8. The maximum atomic E-state index is 2.85. The molecule has 272 valence electrons. The fourth-order valence-corrected chi connectivity index (χ4v) is 12.3. The molecule has 0 saturated carbocycles. The van der Waals surface area contributed by atoms with E-state index in [0.29, 0.717) is 0 Å². The lowest BCUT2D eigenvalue weighted by atomic mass is 10.0. The number of piperidine rings is 2. The lowest BCUT2D eigenvalue weighted by molar-refractivity contribution is 0.219. The van der Waals surface area contributed by atoms with Gasteiger partial charge in [-0.05, 0) is 51.9 Å². The first-order valence-electron chi connectivity index (χ1n) is 21.6. The minimum Gasteiger partial charge on any atom is -0.302 e. The molecule has 3 rings (SSSR count). The monoisotopic (exact) mass is 679 g/mol. The third kappa shape index (κ3) is 19.1. The van der Waals surface area contributed by atoms with E-state index >= 15 is 0 Å². The molecule has 0 amide bonds. The van der Waals surface area contributed by atoms with E-state index in [4.69, 9.17) is 0 Å². The molecule has 0 spiro atoms. The second kappa shape index (κ2) is 28.3. The van der Waals surface area contributed by atoms with Gasteiger partial charge < -0.3 is 9.80 Å². The van der Waals surface area contributed by atoms with Crippen LogP contribution in [0.25, 0.3) is 0 Å². The molecule has 3 saturated heterocycles. The van der Waals surface area contributed by atoms with Crippen LogP contribution in [0.1, 0.15) is 206 Å². The zero-order chi connectivity index (χ0) is 32.3. The molecule has 46 heavy (non-hydrogen) atoms. The van der Waals surface area contributed by atoms with Gasteiger partial charge >= 0.3 is 0 Å². The zero-order valence-corrected chi connectivity index (χ0v) is 33.1. The molecular weight excluding hydrogens is 597 g/mol. The lowest BCUT2D eigenvalue weighted by Gasteiger charge is -2.49. The predicted molar refractivity (Wildman–Crippen MR) is 213 cm³/mol. The van der Waals surface area contributed by atoms with E-state index in [1.54, 1.807) is 0 Å². The van der Waals surface area contributed by atoms with Crippen LogP contribution >= 0.6 is 23.5 Å². The maximum absolute atomic E-state index is 2.85. The molecule has 4 unspecified atom stereocenters. The third-order valence-electron chi connectivity index (χ3n) is 11.5. The van der Waals surface area contributed by atoms with Gasteiger partial charge in [-0.25, -0.2) is 0 Å². The van der Waals surface area contributed by atoms with Gasteiger partial charge in [0.15, 0.2) is 0 Å². The quantitative estimate of drug-likeness (QED) is 0.0697. The molecule has 3 aliphatic heterocycles. The van der Waals surface area contributed by atoms with Crippen molar-refractivity contribution in [3.05, 3.63) is 0 Å². The van der Waals surface area contributed by atoms with E-state index in [9.17, 15) is 0 Å². The Balaban J connectivity index is 1.10. The van der Waals surface area contributed by atoms with E-state index in [1.807, 2.05) is 0 Å². The van der Waals surface area contributed by atoms with E-state index in [-0.39, 0.29) is 0 Å². The first-order valence-corrected chi connectivity index (χ1v) is 23.4. The van der Waals surface area contributed by atoms with Crippen molar-refractivity contribution in [3.63, 3.8) is 0 Å². The summed E-state index contributed by atoms with van der Waals surface area (Å²) in [6.45, 7) is 12.9. The molecule has 3 fully saturated rings. The summed E-state index contributed by atoms with van der Waals surface area (Å²) in [7, 11) is 0. The highest BCUT2D eigenvalue weighted by Gasteiger charge is 2.42. The first kappa shape index (κ1) is 41.0. The number of thioether (sulfide) groups is 2. The van der Waals surface area contributed by atoms with E-state index in [2.05, 4.69) is 47.2 Å². The highest BCUT2D eigenvalue weighted by Crippen LogP contribution is 2.47. The van der Waals surface area contributed by atoms with Crippen LogP contribution in [0.5, 0.6) is 0 Å². The average molecular weight is 679 g/mol.